The van der Waals surface area contributed by atoms with Crippen LogP contribution in [0.5, 0.6) is 0 Å². The van der Waals surface area contributed by atoms with Crippen LogP contribution in [0.3, 0.4) is 0 Å². The summed E-state index contributed by atoms with van der Waals surface area (Å²) in [6, 6.07) is -0.356. The maximum Gasteiger partial charge on any atom is 0.396 e. The van der Waals surface area contributed by atoms with Crippen LogP contribution >= 0.6 is 0 Å². The molecule has 3 heterocycles. The number of ether oxygens (including phenoxy) is 1. The van der Waals surface area contributed by atoms with E-state index in [0.29, 0.717) is 12.8 Å². The molecule has 0 aliphatic heterocycles. The van der Waals surface area contributed by atoms with Gasteiger partial charge in [-0.2, -0.15) is 13.2 Å². The maximum absolute atomic E-state index is 14.7. The topological polar surface area (TPSA) is 91.1 Å². The minimum atomic E-state index is -4.64. The first kappa shape index (κ1) is 26.9. The first-order chi connectivity index (χ1) is 16.1. The normalized spacial score (nSPS) is 16.1. The monoisotopic (exact) mass is 579 g/mol. The van der Waals surface area contributed by atoms with Gasteiger partial charge in [0, 0.05) is 25.7 Å². The van der Waals surface area contributed by atoms with Crippen LogP contribution in [-0.2, 0) is 29.6 Å². The molecule has 13 heteroatoms. The first-order valence-electron chi connectivity index (χ1n) is 10.7. The molecule has 3 aromatic heterocycles. The minimum Gasteiger partial charge on any atom is -0.466 e. The average Bonchev–Trinajstić information content (AvgIpc) is 3.42. The summed E-state index contributed by atoms with van der Waals surface area (Å²) < 4.78 is 76.0. The van der Waals surface area contributed by atoms with Crippen LogP contribution in [-0.4, -0.2) is 39.7 Å². The van der Waals surface area contributed by atoms with Gasteiger partial charge in [-0.25, -0.2) is 18.7 Å². The van der Waals surface area contributed by atoms with Crippen molar-refractivity contribution < 1.29 is 51.6 Å². The van der Waals surface area contributed by atoms with Crippen LogP contribution in [0.4, 0.5) is 27.8 Å². The molecule has 1 atom stereocenters. The molecule has 4 rings (SSSR count). The van der Waals surface area contributed by atoms with E-state index in [0.717, 1.165) is 18.5 Å². The van der Waals surface area contributed by atoms with Crippen molar-refractivity contribution in [3.63, 3.8) is 0 Å². The Morgan fingerprint density at radius 3 is 2.60 bits per heavy atom. The molecule has 0 spiro atoms. The van der Waals surface area contributed by atoms with E-state index in [9.17, 15) is 26.7 Å². The molecule has 3 aromatic rings. The summed E-state index contributed by atoms with van der Waals surface area (Å²) in [5, 5.41) is 2.80. The van der Waals surface area contributed by atoms with Gasteiger partial charge >= 0.3 is 12.1 Å². The second-order valence-corrected chi connectivity index (χ2v) is 8.15. The number of nitrogens with one attached hydrogen (secondary N) is 1. The van der Waals surface area contributed by atoms with Crippen molar-refractivity contribution in [1.29, 1.82) is 0 Å². The molecule has 1 aliphatic carbocycles. The molecule has 1 aliphatic rings. The van der Waals surface area contributed by atoms with E-state index >= 15 is 0 Å². The van der Waals surface area contributed by atoms with E-state index in [1.165, 1.54) is 6.20 Å². The van der Waals surface area contributed by atoms with Crippen molar-refractivity contribution in [3.05, 3.63) is 36.3 Å². The van der Waals surface area contributed by atoms with Crippen LogP contribution in [0, 0.1) is 17.0 Å². The zero-order chi connectivity index (χ0) is 24.5. The molecular weight excluding hydrogens is 559 g/mol. The Hall–Kier alpha value is -2.66. The molecule has 7 nitrogen and oxygen atoms in total. The van der Waals surface area contributed by atoms with Gasteiger partial charge in [0.1, 0.15) is 5.82 Å². The van der Waals surface area contributed by atoms with Gasteiger partial charge in [0.2, 0.25) is 0 Å². The Balaban J connectivity index is 0.00000342. The number of fused-ring (bicyclic) bond motifs is 1. The smallest absolute Gasteiger partial charge is 0.396 e. The van der Waals surface area contributed by atoms with E-state index < -0.39 is 47.5 Å². The van der Waals surface area contributed by atoms with Gasteiger partial charge in [-0.15, -0.1) is 0 Å². The molecular formula is C22H21F5N5O2Tc-. The Morgan fingerprint density at radius 2 is 1.94 bits per heavy atom. The Bertz CT molecular complexity index is 1200. The molecule has 189 valence electrons. The average molecular weight is 580 g/mol. The Morgan fingerprint density at radius 1 is 1.23 bits per heavy atom. The van der Waals surface area contributed by atoms with Crippen LogP contribution in [0.2, 0.25) is 0 Å². The first-order valence-corrected chi connectivity index (χ1v) is 10.7. The van der Waals surface area contributed by atoms with E-state index in [-0.39, 0.29) is 62.0 Å². The number of hydrogen-bond acceptors (Lipinski definition) is 6. The maximum atomic E-state index is 14.7. The summed E-state index contributed by atoms with van der Waals surface area (Å²) in [6.45, 7) is 1.54. The molecule has 1 unspecified atom stereocenters. The summed E-state index contributed by atoms with van der Waals surface area (Å²) in [6.07, 6.45) is -1.95. The van der Waals surface area contributed by atoms with E-state index in [1.807, 2.05) is 0 Å². The number of hydrogen-bond donors (Lipinski definition) is 1. The number of anilines is 1. The van der Waals surface area contributed by atoms with Crippen molar-refractivity contribution in [1.82, 2.24) is 19.9 Å². The summed E-state index contributed by atoms with van der Waals surface area (Å²) >= 11 is 0. The fourth-order valence-corrected chi connectivity index (χ4v) is 4.48. The molecule has 1 fully saturated rings. The molecule has 0 bridgehead atoms. The van der Waals surface area contributed by atoms with Gasteiger partial charge in [0.15, 0.2) is 17.5 Å². The number of halogens is 5. The predicted molar refractivity (Wildman–Crippen MR) is 112 cm³/mol. The second kappa shape index (κ2) is 10.5. The zero-order valence-electron chi connectivity index (χ0n) is 18.5. The van der Waals surface area contributed by atoms with Crippen LogP contribution in [0.15, 0.2) is 24.7 Å². The van der Waals surface area contributed by atoms with Crippen molar-refractivity contribution in [2.75, 3.05) is 11.9 Å². The third kappa shape index (κ3) is 5.30. The van der Waals surface area contributed by atoms with Gasteiger partial charge in [0.05, 0.1) is 30.7 Å². The second-order valence-electron chi connectivity index (χ2n) is 8.15. The minimum absolute atomic E-state index is 0. The summed E-state index contributed by atoms with van der Waals surface area (Å²) in [5.74, 6) is -3.06. The molecule has 0 aromatic carbocycles. The fourth-order valence-electron chi connectivity index (χ4n) is 4.48. The third-order valence-electron chi connectivity index (χ3n) is 6.14. The van der Waals surface area contributed by atoms with Gasteiger partial charge in [0.25, 0.3) is 0 Å². The van der Waals surface area contributed by atoms with E-state index in [2.05, 4.69) is 25.3 Å². The van der Waals surface area contributed by atoms with Crippen molar-refractivity contribution in [2.24, 2.45) is 5.41 Å². The zero-order valence-corrected chi connectivity index (χ0v) is 20.4. The van der Waals surface area contributed by atoms with Gasteiger partial charge < -0.3 is 20.0 Å². The quantitative estimate of drug-likeness (QED) is 0.318. The number of carbonyl (C=O) groups excluding carboxylic acids is 1. The number of carbonyl (C=O) groups is 1. The number of rotatable bonds is 7. The SMILES string of the molecule is CCOC(=O)CC(Nc1nc(-c2c[n-]c3ncc(F)cc23)ncc1F)C1(C(F)(F)F)CCCC1.[Tc]. The number of aromatic nitrogens is 4. The van der Waals surface area contributed by atoms with Gasteiger partial charge in [-0.1, -0.05) is 24.7 Å². The van der Waals surface area contributed by atoms with Crippen LogP contribution < -0.4 is 10.3 Å². The molecule has 35 heavy (non-hydrogen) atoms. The number of alkyl halides is 3. The predicted octanol–water partition coefficient (Wildman–Crippen LogP) is 4.78. The summed E-state index contributed by atoms with van der Waals surface area (Å²) in [5.41, 5.74) is -1.81. The number of nitrogens with zero attached hydrogens (tertiary/aromatic N) is 4. The van der Waals surface area contributed by atoms with Crippen molar-refractivity contribution >= 4 is 22.8 Å². The molecule has 1 saturated carbocycles. The summed E-state index contributed by atoms with van der Waals surface area (Å²) in [4.78, 5) is 28.0. The van der Waals surface area contributed by atoms with Crippen LogP contribution in [0.1, 0.15) is 39.0 Å². The Labute approximate surface area is 210 Å². The van der Waals surface area contributed by atoms with Crippen molar-refractivity contribution in [2.45, 2.75) is 51.2 Å². The molecule has 1 radical (unpaired) electrons. The van der Waals surface area contributed by atoms with Crippen LogP contribution in [0.25, 0.3) is 22.4 Å². The Kier molecular flexibility index (Phi) is 8.10. The van der Waals surface area contributed by atoms with Crippen molar-refractivity contribution in [3.8, 4) is 11.4 Å². The largest absolute Gasteiger partial charge is 0.466 e. The van der Waals surface area contributed by atoms with Gasteiger partial charge in [-0.05, 0) is 37.4 Å². The standard InChI is InChI=1S/C22H21F5N5O2.Tc/c1-2-34-17(33)8-16(21(22(25,26)27)5-3-4-6-21)31-20-15(24)11-30-19(32-20)14-10-29-18-13(14)7-12(23)9-28-18;/h7,9-11,16H,2-6,8H2,1H3,(H-,28,29,30,31,32);/q-1;. The summed E-state index contributed by atoms with van der Waals surface area (Å²) in [7, 11) is 0. The molecule has 1 N–H and O–H groups in total. The van der Waals surface area contributed by atoms with E-state index in [1.54, 1.807) is 6.92 Å². The van der Waals surface area contributed by atoms with E-state index in [4.69, 9.17) is 4.74 Å². The fraction of sp³-hybridized carbons (Fsp3) is 0.455. The number of pyridine rings is 1. The number of esters is 1. The van der Waals surface area contributed by atoms with Gasteiger partial charge in [-0.3, -0.25) is 4.79 Å². The molecule has 0 amide bonds. The third-order valence-corrected chi connectivity index (χ3v) is 6.14. The molecule has 0 saturated heterocycles.